The Hall–Kier alpha value is -1.83. The van der Waals surface area contributed by atoms with Crippen molar-refractivity contribution in [2.75, 3.05) is 13.1 Å². The Balaban J connectivity index is 1.53. The average molecular weight is 424 g/mol. The van der Waals surface area contributed by atoms with Crippen molar-refractivity contribution in [3.8, 4) is 0 Å². The highest BCUT2D eigenvalue weighted by Crippen LogP contribution is 2.15. The van der Waals surface area contributed by atoms with Crippen molar-refractivity contribution in [2.45, 2.75) is 18.9 Å². The number of carbonyl (C=O) groups is 2. The molecule has 23 heavy (non-hydrogen) atoms. The van der Waals surface area contributed by atoms with Crippen molar-refractivity contribution in [1.82, 2.24) is 10.2 Å². The summed E-state index contributed by atoms with van der Waals surface area (Å²) in [4.78, 5) is 26.3. The van der Waals surface area contributed by atoms with Crippen LogP contribution in [0, 0.1) is 3.57 Å². The fourth-order valence-electron chi connectivity index (χ4n) is 2.69. The fraction of sp³-hybridized carbons (Fsp3) is 0.294. The molecule has 1 saturated heterocycles. The molecule has 0 bridgehead atoms. The maximum Gasteiger partial charge on any atom is 0.257 e. The van der Waals surface area contributed by atoms with E-state index in [0.29, 0.717) is 24.2 Å². The van der Waals surface area contributed by atoms with E-state index in [1.807, 2.05) is 24.3 Å². The number of carbonyl (C=O) groups excluding carboxylic acids is 2. The monoisotopic (exact) mass is 424 g/mol. The molecule has 120 valence electrons. The zero-order valence-corrected chi connectivity index (χ0v) is 14.7. The predicted molar refractivity (Wildman–Crippen MR) is 94.3 cm³/mol. The number of benzene rings is 1. The SMILES string of the molecule is O=C(NC1CCN(C(=O)c2ccoc2)CC1)c1cccc(I)c1. The lowest BCUT2D eigenvalue weighted by molar-refractivity contribution is 0.0697. The number of nitrogens with zero attached hydrogens (tertiary/aromatic N) is 1. The predicted octanol–water partition coefficient (Wildman–Crippen LogP) is 2.92. The van der Waals surface area contributed by atoms with Crippen LogP contribution in [0.15, 0.2) is 47.3 Å². The number of rotatable bonds is 3. The number of halogens is 1. The minimum Gasteiger partial charge on any atom is -0.472 e. The van der Waals surface area contributed by atoms with Gasteiger partial charge in [-0.15, -0.1) is 0 Å². The molecule has 3 rings (SSSR count). The van der Waals surface area contributed by atoms with Crippen molar-refractivity contribution in [2.24, 2.45) is 0 Å². The van der Waals surface area contributed by atoms with Gasteiger partial charge in [0.25, 0.3) is 11.8 Å². The highest BCUT2D eigenvalue weighted by Gasteiger charge is 2.25. The van der Waals surface area contributed by atoms with Gasteiger partial charge in [0.2, 0.25) is 0 Å². The standard InChI is InChI=1S/C17H17IN2O3/c18-14-3-1-2-12(10-14)16(21)19-15-4-7-20(8-5-15)17(22)13-6-9-23-11-13/h1-3,6,9-11,15H,4-5,7-8H2,(H,19,21). The van der Waals surface area contributed by atoms with E-state index in [-0.39, 0.29) is 17.9 Å². The molecule has 6 heteroatoms. The van der Waals surface area contributed by atoms with E-state index in [4.69, 9.17) is 4.42 Å². The van der Waals surface area contributed by atoms with E-state index in [1.165, 1.54) is 12.5 Å². The number of furan rings is 1. The van der Waals surface area contributed by atoms with Gasteiger partial charge in [0.05, 0.1) is 11.8 Å². The molecular weight excluding hydrogens is 407 g/mol. The quantitative estimate of drug-likeness (QED) is 0.771. The Morgan fingerprint density at radius 1 is 1.17 bits per heavy atom. The van der Waals surface area contributed by atoms with Crippen molar-refractivity contribution in [3.05, 3.63) is 57.6 Å². The zero-order chi connectivity index (χ0) is 16.2. The molecule has 1 aromatic carbocycles. The highest BCUT2D eigenvalue weighted by molar-refractivity contribution is 14.1. The molecule has 2 amide bonds. The number of hydrogen-bond donors (Lipinski definition) is 1. The normalized spacial score (nSPS) is 15.4. The maximum absolute atomic E-state index is 12.3. The van der Waals surface area contributed by atoms with E-state index in [2.05, 4.69) is 27.9 Å². The van der Waals surface area contributed by atoms with Gasteiger partial charge in [-0.3, -0.25) is 9.59 Å². The second kappa shape index (κ2) is 7.16. The molecule has 0 saturated carbocycles. The molecule has 0 radical (unpaired) electrons. The number of amides is 2. The second-order valence-electron chi connectivity index (χ2n) is 5.56. The molecule has 2 heterocycles. The first-order chi connectivity index (χ1) is 11.1. The molecule has 1 fully saturated rings. The molecule has 5 nitrogen and oxygen atoms in total. The van der Waals surface area contributed by atoms with E-state index >= 15 is 0 Å². The summed E-state index contributed by atoms with van der Waals surface area (Å²) in [7, 11) is 0. The van der Waals surface area contributed by atoms with E-state index < -0.39 is 0 Å². The summed E-state index contributed by atoms with van der Waals surface area (Å²) in [5, 5.41) is 3.06. The van der Waals surface area contributed by atoms with Crippen LogP contribution in [0.25, 0.3) is 0 Å². The minimum atomic E-state index is -0.0527. The summed E-state index contributed by atoms with van der Waals surface area (Å²) < 4.78 is 5.99. The third-order valence-electron chi connectivity index (χ3n) is 3.97. The topological polar surface area (TPSA) is 62.6 Å². The Labute approximate surface area is 148 Å². The number of hydrogen-bond acceptors (Lipinski definition) is 3. The van der Waals surface area contributed by atoms with Crippen LogP contribution >= 0.6 is 22.6 Å². The van der Waals surface area contributed by atoms with Crippen LogP contribution < -0.4 is 5.32 Å². The first-order valence-corrected chi connectivity index (χ1v) is 8.59. The van der Waals surface area contributed by atoms with Crippen molar-refractivity contribution in [3.63, 3.8) is 0 Å². The summed E-state index contributed by atoms with van der Waals surface area (Å²) in [6.07, 6.45) is 4.49. The molecule has 1 aliphatic heterocycles. The zero-order valence-electron chi connectivity index (χ0n) is 12.5. The average Bonchev–Trinajstić information content (AvgIpc) is 3.09. The number of nitrogens with one attached hydrogen (secondary N) is 1. The second-order valence-corrected chi connectivity index (χ2v) is 6.81. The van der Waals surface area contributed by atoms with E-state index in [9.17, 15) is 9.59 Å². The van der Waals surface area contributed by atoms with Gasteiger partial charge in [0.1, 0.15) is 6.26 Å². The van der Waals surface area contributed by atoms with Crippen LogP contribution in [0.1, 0.15) is 33.6 Å². The van der Waals surface area contributed by atoms with Gasteiger partial charge < -0.3 is 14.6 Å². The summed E-state index contributed by atoms with van der Waals surface area (Å²) >= 11 is 2.19. The molecule has 0 aliphatic carbocycles. The number of likely N-dealkylation sites (tertiary alicyclic amines) is 1. The van der Waals surface area contributed by atoms with Crippen LogP contribution in [0.3, 0.4) is 0 Å². The Morgan fingerprint density at radius 2 is 1.96 bits per heavy atom. The van der Waals surface area contributed by atoms with E-state index in [0.717, 1.165) is 16.4 Å². The number of piperidine rings is 1. The largest absolute Gasteiger partial charge is 0.472 e. The minimum absolute atomic E-state index is 0.0128. The lowest BCUT2D eigenvalue weighted by Gasteiger charge is -2.32. The van der Waals surface area contributed by atoms with Crippen molar-refractivity contribution in [1.29, 1.82) is 0 Å². The summed E-state index contributed by atoms with van der Waals surface area (Å²) in [5.74, 6) is -0.0655. The third-order valence-corrected chi connectivity index (χ3v) is 4.64. The molecular formula is C17H17IN2O3. The van der Waals surface area contributed by atoms with Crippen LogP contribution in [-0.4, -0.2) is 35.8 Å². The molecule has 0 atom stereocenters. The molecule has 1 aromatic heterocycles. The molecule has 1 N–H and O–H groups in total. The molecule has 0 unspecified atom stereocenters. The van der Waals surface area contributed by atoms with Gasteiger partial charge in [-0.25, -0.2) is 0 Å². The van der Waals surface area contributed by atoms with Crippen LogP contribution in [0.4, 0.5) is 0 Å². The lowest BCUT2D eigenvalue weighted by Crippen LogP contribution is -2.46. The molecule has 1 aliphatic rings. The lowest BCUT2D eigenvalue weighted by atomic mass is 10.0. The first kappa shape index (κ1) is 16.0. The smallest absolute Gasteiger partial charge is 0.257 e. The van der Waals surface area contributed by atoms with Crippen LogP contribution in [0.2, 0.25) is 0 Å². The summed E-state index contributed by atoms with van der Waals surface area (Å²) in [6, 6.07) is 9.30. The van der Waals surface area contributed by atoms with Crippen molar-refractivity contribution < 1.29 is 14.0 Å². The van der Waals surface area contributed by atoms with Crippen LogP contribution in [-0.2, 0) is 0 Å². The summed E-state index contributed by atoms with van der Waals surface area (Å²) in [5.41, 5.74) is 1.25. The van der Waals surface area contributed by atoms with Gasteiger partial charge in [-0.05, 0) is 59.7 Å². The van der Waals surface area contributed by atoms with Gasteiger partial charge in [-0.2, -0.15) is 0 Å². The van der Waals surface area contributed by atoms with Gasteiger partial charge in [0.15, 0.2) is 0 Å². The summed E-state index contributed by atoms with van der Waals surface area (Å²) in [6.45, 7) is 1.28. The molecule has 0 spiro atoms. The fourth-order valence-corrected chi connectivity index (χ4v) is 3.24. The first-order valence-electron chi connectivity index (χ1n) is 7.51. The Bertz CT molecular complexity index is 692. The van der Waals surface area contributed by atoms with E-state index in [1.54, 1.807) is 11.0 Å². The van der Waals surface area contributed by atoms with Crippen LogP contribution in [0.5, 0.6) is 0 Å². The Morgan fingerprint density at radius 3 is 2.61 bits per heavy atom. The Kier molecular flexibility index (Phi) is 5.00. The molecule has 2 aromatic rings. The van der Waals surface area contributed by atoms with Gasteiger partial charge >= 0.3 is 0 Å². The van der Waals surface area contributed by atoms with Gasteiger partial charge in [-0.1, -0.05) is 6.07 Å². The van der Waals surface area contributed by atoms with Crippen molar-refractivity contribution >= 4 is 34.4 Å². The maximum atomic E-state index is 12.3. The highest BCUT2D eigenvalue weighted by atomic mass is 127. The van der Waals surface area contributed by atoms with Gasteiger partial charge in [0, 0.05) is 28.3 Å². The third kappa shape index (κ3) is 3.93.